The van der Waals surface area contributed by atoms with Gasteiger partial charge in [0.05, 0.1) is 22.7 Å². The van der Waals surface area contributed by atoms with Crippen molar-refractivity contribution in [3.8, 4) is 0 Å². The average Bonchev–Trinajstić information content (AvgIpc) is 2.93. The van der Waals surface area contributed by atoms with Crippen LogP contribution in [0.5, 0.6) is 0 Å². The first-order valence-corrected chi connectivity index (χ1v) is 7.69. The van der Waals surface area contributed by atoms with E-state index in [1.807, 2.05) is 6.07 Å². The molecule has 0 aliphatic carbocycles. The molecule has 0 spiro atoms. The number of aromatic nitrogens is 2. The quantitative estimate of drug-likeness (QED) is 0.737. The summed E-state index contributed by atoms with van der Waals surface area (Å²) < 4.78 is 6.45. The number of nitrogens with zero attached hydrogens (tertiary/aromatic N) is 2. The van der Waals surface area contributed by atoms with Gasteiger partial charge in [-0.05, 0) is 43.3 Å². The number of pyridine rings is 1. The Morgan fingerprint density at radius 2 is 1.96 bits per heavy atom. The van der Waals surface area contributed by atoms with Crippen LogP contribution in [0, 0.1) is 0 Å². The van der Waals surface area contributed by atoms with Crippen LogP contribution >= 0.6 is 11.6 Å². The van der Waals surface area contributed by atoms with Crippen LogP contribution in [0.2, 0.25) is 5.02 Å². The van der Waals surface area contributed by atoms with Crippen molar-refractivity contribution in [2.24, 2.45) is 0 Å². The molecule has 0 aliphatic rings. The molecule has 1 N–H and O–H groups in total. The van der Waals surface area contributed by atoms with E-state index >= 15 is 0 Å². The van der Waals surface area contributed by atoms with Crippen molar-refractivity contribution < 1.29 is 14.3 Å². The number of fused-ring (bicyclic) bond motifs is 1. The third kappa shape index (κ3) is 3.09. The number of carbonyl (C=O) groups excluding carboxylic acids is 2. The molecule has 0 fully saturated rings. The van der Waals surface area contributed by atoms with Gasteiger partial charge in [-0.25, -0.2) is 9.31 Å². The predicted octanol–water partition coefficient (Wildman–Crippen LogP) is 3.42. The van der Waals surface area contributed by atoms with E-state index in [0.29, 0.717) is 23.4 Å². The maximum atomic E-state index is 12.4. The Morgan fingerprint density at radius 3 is 2.62 bits per heavy atom. The molecule has 3 rings (SSSR count). The Balaban J connectivity index is 1.79. The predicted molar refractivity (Wildman–Crippen MR) is 90.6 cm³/mol. The van der Waals surface area contributed by atoms with Crippen LogP contribution in [-0.2, 0) is 4.74 Å². The van der Waals surface area contributed by atoms with Gasteiger partial charge < -0.3 is 10.1 Å². The van der Waals surface area contributed by atoms with E-state index in [-0.39, 0.29) is 10.7 Å². The maximum absolute atomic E-state index is 12.4. The fourth-order valence-electron chi connectivity index (χ4n) is 2.21. The van der Waals surface area contributed by atoms with Crippen molar-refractivity contribution in [1.29, 1.82) is 0 Å². The van der Waals surface area contributed by atoms with Crippen LogP contribution in [0.1, 0.15) is 27.8 Å². The summed E-state index contributed by atoms with van der Waals surface area (Å²) >= 11 is 6.21. The van der Waals surface area contributed by atoms with Crippen LogP contribution in [0.15, 0.2) is 48.7 Å². The fraction of sp³-hybridized carbons (Fsp3) is 0.118. The summed E-state index contributed by atoms with van der Waals surface area (Å²) in [6.45, 7) is 2.05. The van der Waals surface area contributed by atoms with Gasteiger partial charge in [0.1, 0.15) is 0 Å². The largest absolute Gasteiger partial charge is 0.462 e. The molecule has 1 aromatic carbocycles. The van der Waals surface area contributed by atoms with E-state index in [4.69, 9.17) is 16.3 Å². The van der Waals surface area contributed by atoms with E-state index in [1.165, 1.54) is 0 Å². The first kappa shape index (κ1) is 16.0. The standard InChI is InChI=1S/C17H14ClN3O3/c1-2-24-17(23)11-6-8-12(9-7-11)19-16(22)15-14(18)13-5-3-4-10-21(13)20-15/h3-10H,2H2,1H3,(H,19,22). The van der Waals surface area contributed by atoms with E-state index in [1.54, 1.807) is 54.0 Å². The number of esters is 1. The van der Waals surface area contributed by atoms with Crippen molar-refractivity contribution in [2.75, 3.05) is 11.9 Å². The molecule has 2 aromatic heterocycles. The number of anilines is 1. The molecule has 0 saturated heterocycles. The zero-order chi connectivity index (χ0) is 17.1. The molecule has 0 atom stereocenters. The van der Waals surface area contributed by atoms with Crippen molar-refractivity contribution in [1.82, 2.24) is 9.61 Å². The molecule has 24 heavy (non-hydrogen) atoms. The van der Waals surface area contributed by atoms with E-state index in [2.05, 4.69) is 10.4 Å². The lowest BCUT2D eigenvalue weighted by atomic mass is 10.2. The Morgan fingerprint density at radius 1 is 1.21 bits per heavy atom. The summed E-state index contributed by atoms with van der Waals surface area (Å²) in [6, 6.07) is 11.8. The number of nitrogens with one attached hydrogen (secondary N) is 1. The topological polar surface area (TPSA) is 72.7 Å². The molecule has 0 radical (unpaired) electrons. The lowest BCUT2D eigenvalue weighted by molar-refractivity contribution is 0.0526. The number of ether oxygens (including phenoxy) is 1. The lowest BCUT2D eigenvalue weighted by Crippen LogP contribution is -2.13. The van der Waals surface area contributed by atoms with Gasteiger partial charge in [-0.3, -0.25) is 4.79 Å². The van der Waals surface area contributed by atoms with Gasteiger partial charge in [0.25, 0.3) is 5.91 Å². The minimum absolute atomic E-state index is 0.136. The molecule has 0 aliphatic heterocycles. The highest BCUT2D eigenvalue weighted by atomic mass is 35.5. The number of hydrogen-bond donors (Lipinski definition) is 1. The molecule has 7 heteroatoms. The molecule has 3 aromatic rings. The van der Waals surface area contributed by atoms with Gasteiger partial charge in [-0.2, -0.15) is 5.10 Å². The summed E-state index contributed by atoms with van der Waals surface area (Å²) in [7, 11) is 0. The number of halogens is 1. The maximum Gasteiger partial charge on any atom is 0.338 e. The number of carbonyl (C=O) groups is 2. The number of rotatable bonds is 4. The Kier molecular flexibility index (Phi) is 4.48. The summed E-state index contributed by atoms with van der Waals surface area (Å²) in [5.41, 5.74) is 1.74. The van der Waals surface area contributed by atoms with E-state index in [9.17, 15) is 9.59 Å². The normalized spacial score (nSPS) is 10.6. The monoisotopic (exact) mass is 343 g/mol. The summed E-state index contributed by atoms with van der Waals surface area (Å²) in [6.07, 6.45) is 1.71. The molecule has 0 bridgehead atoms. The van der Waals surface area contributed by atoms with Gasteiger partial charge in [0, 0.05) is 11.9 Å². The zero-order valence-electron chi connectivity index (χ0n) is 12.8. The highest BCUT2D eigenvalue weighted by Crippen LogP contribution is 2.22. The summed E-state index contributed by atoms with van der Waals surface area (Å²) in [4.78, 5) is 24.0. The van der Waals surface area contributed by atoms with E-state index < -0.39 is 11.9 Å². The first-order valence-electron chi connectivity index (χ1n) is 7.31. The van der Waals surface area contributed by atoms with Gasteiger partial charge in [-0.1, -0.05) is 17.7 Å². The minimum Gasteiger partial charge on any atom is -0.462 e. The molecule has 0 unspecified atom stereocenters. The van der Waals surface area contributed by atoms with Crippen molar-refractivity contribution in [2.45, 2.75) is 6.92 Å². The summed E-state index contributed by atoms with van der Waals surface area (Å²) in [5.74, 6) is -0.827. The molecular weight excluding hydrogens is 330 g/mol. The smallest absolute Gasteiger partial charge is 0.338 e. The minimum atomic E-state index is -0.424. The van der Waals surface area contributed by atoms with Crippen molar-refractivity contribution in [3.05, 3.63) is 64.9 Å². The van der Waals surface area contributed by atoms with Crippen molar-refractivity contribution in [3.63, 3.8) is 0 Å². The molecule has 6 nitrogen and oxygen atoms in total. The third-order valence-electron chi connectivity index (χ3n) is 3.35. The van der Waals surface area contributed by atoms with Gasteiger partial charge >= 0.3 is 5.97 Å². The highest BCUT2D eigenvalue weighted by Gasteiger charge is 2.18. The van der Waals surface area contributed by atoms with Crippen LogP contribution < -0.4 is 5.32 Å². The molecule has 1 amide bonds. The second-order valence-electron chi connectivity index (χ2n) is 4.94. The number of benzene rings is 1. The van der Waals surface area contributed by atoms with Gasteiger partial charge in [-0.15, -0.1) is 0 Å². The van der Waals surface area contributed by atoms with Gasteiger partial charge in [0.2, 0.25) is 0 Å². The number of hydrogen-bond acceptors (Lipinski definition) is 4. The molecule has 122 valence electrons. The Labute approximate surface area is 143 Å². The second kappa shape index (κ2) is 6.72. The zero-order valence-corrected chi connectivity index (χ0v) is 13.6. The lowest BCUT2D eigenvalue weighted by Gasteiger charge is -2.05. The molecule has 2 heterocycles. The average molecular weight is 344 g/mol. The van der Waals surface area contributed by atoms with Crippen LogP contribution in [0.3, 0.4) is 0 Å². The fourth-order valence-corrected chi connectivity index (χ4v) is 2.48. The van der Waals surface area contributed by atoms with Crippen LogP contribution in [0.4, 0.5) is 5.69 Å². The SMILES string of the molecule is CCOC(=O)c1ccc(NC(=O)c2nn3ccccc3c2Cl)cc1. The third-order valence-corrected chi connectivity index (χ3v) is 3.72. The first-order chi connectivity index (χ1) is 11.6. The molecule has 0 saturated carbocycles. The Bertz CT molecular complexity index is 903. The molecular formula is C17H14ClN3O3. The second-order valence-corrected chi connectivity index (χ2v) is 5.32. The Hall–Kier alpha value is -2.86. The number of amides is 1. The summed E-state index contributed by atoms with van der Waals surface area (Å²) in [5, 5.41) is 7.17. The van der Waals surface area contributed by atoms with Gasteiger partial charge in [0.15, 0.2) is 5.69 Å². The van der Waals surface area contributed by atoms with Crippen molar-refractivity contribution >= 4 is 34.7 Å². The highest BCUT2D eigenvalue weighted by molar-refractivity contribution is 6.37. The van der Waals surface area contributed by atoms with Crippen LogP contribution in [-0.4, -0.2) is 28.1 Å². The van der Waals surface area contributed by atoms with Crippen LogP contribution in [0.25, 0.3) is 5.52 Å². The van der Waals surface area contributed by atoms with E-state index in [0.717, 1.165) is 0 Å².